The summed E-state index contributed by atoms with van der Waals surface area (Å²) < 4.78 is 0. The molecule has 0 radical (unpaired) electrons. The van der Waals surface area contributed by atoms with Gasteiger partial charge in [0, 0.05) is 0 Å². The summed E-state index contributed by atoms with van der Waals surface area (Å²) in [5.74, 6) is -0.336. The van der Waals surface area contributed by atoms with Crippen LogP contribution in [0.4, 0.5) is 0 Å². The van der Waals surface area contributed by atoms with Gasteiger partial charge in [0.05, 0.1) is 5.92 Å². The number of benzene rings is 1. The molecule has 1 unspecified atom stereocenters. The zero-order chi connectivity index (χ0) is 14.1. The summed E-state index contributed by atoms with van der Waals surface area (Å²) in [6.45, 7) is 6.06. The van der Waals surface area contributed by atoms with Gasteiger partial charge in [-0.15, -0.1) is 0 Å². The highest BCUT2D eigenvalue weighted by atomic mass is 35.5. The fraction of sp³-hybridized carbons (Fsp3) is 0.429. The molecule has 0 heterocycles. The third-order valence-electron chi connectivity index (χ3n) is 2.49. The smallest absolute Gasteiger partial charge is 0.310 e. The molecule has 1 rings (SSSR count). The highest BCUT2D eigenvalue weighted by Gasteiger charge is 2.12. The molecule has 0 amide bonds. The van der Waals surface area contributed by atoms with Crippen LogP contribution in [0.3, 0.4) is 0 Å². The minimum atomic E-state index is -0.772. The molecule has 3 nitrogen and oxygen atoms in total. The zero-order valence-corrected chi connectivity index (χ0v) is 11.6. The lowest BCUT2D eigenvalue weighted by Crippen LogP contribution is -2.07. The maximum Gasteiger partial charge on any atom is 0.310 e. The number of hydrogen-bond donors (Lipinski definition) is 1. The molecule has 1 N–H and O–H groups in total. The number of carboxylic acid groups (broad SMARTS) is 1. The molecular formula is C14H19ClO3. The van der Waals surface area contributed by atoms with Gasteiger partial charge in [0.25, 0.3) is 0 Å². The van der Waals surface area contributed by atoms with Crippen molar-refractivity contribution in [3.63, 3.8) is 0 Å². The third kappa shape index (κ3) is 6.40. The van der Waals surface area contributed by atoms with Crippen LogP contribution in [0.2, 0.25) is 0 Å². The number of aliphatic carboxylic acids is 1. The monoisotopic (exact) mass is 270 g/mol. The summed E-state index contributed by atoms with van der Waals surface area (Å²) in [6, 6.07) is 7.87. The second-order valence-corrected chi connectivity index (χ2v) is 4.67. The minimum Gasteiger partial charge on any atom is -0.481 e. The average molecular weight is 271 g/mol. The summed E-state index contributed by atoms with van der Waals surface area (Å²) in [5, 5.41) is 8.85. The van der Waals surface area contributed by atoms with Gasteiger partial charge in [0.15, 0.2) is 0 Å². The van der Waals surface area contributed by atoms with Gasteiger partial charge >= 0.3 is 5.97 Å². The van der Waals surface area contributed by atoms with Crippen LogP contribution >= 0.6 is 11.6 Å². The highest BCUT2D eigenvalue weighted by molar-refractivity contribution is 6.54. The summed E-state index contributed by atoms with van der Waals surface area (Å²) >= 11 is 4.32. The van der Waals surface area contributed by atoms with Gasteiger partial charge in [-0.25, -0.2) is 0 Å². The Labute approximate surface area is 113 Å². The van der Waals surface area contributed by atoms with E-state index in [0.717, 1.165) is 12.0 Å². The zero-order valence-electron chi connectivity index (χ0n) is 10.9. The van der Waals surface area contributed by atoms with Crippen molar-refractivity contribution < 1.29 is 14.7 Å². The largest absolute Gasteiger partial charge is 0.481 e. The Balaban J connectivity index is 0.000000873. The molecule has 0 aliphatic carbocycles. The Morgan fingerprint density at radius 1 is 1.28 bits per heavy atom. The molecule has 18 heavy (non-hydrogen) atoms. The van der Waals surface area contributed by atoms with Crippen LogP contribution in [0.1, 0.15) is 37.8 Å². The number of carboxylic acids is 1. The minimum absolute atomic E-state index is 0.222. The Morgan fingerprint density at radius 2 is 1.72 bits per heavy atom. The van der Waals surface area contributed by atoms with Crippen LogP contribution in [0.15, 0.2) is 24.3 Å². The fourth-order valence-electron chi connectivity index (χ4n) is 1.56. The van der Waals surface area contributed by atoms with Crippen molar-refractivity contribution in [2.45, 2.75) is 33.1 Å². The SMILES string of the molecule is CC(C)Cc1ccc(C(C)C(=O)O)cc1.O=CCl. The van der Waals surface area contributed by atoms with E-state index < -0.39 is 11.9 Å². The first-order chi connectivity index (χ1) is 8.42. The molecule has 0 aromatic heterocycles. The van der Waals surface area contributed by atoms with Gasteiger partial charge < -0.3 is 5.11 Å². The van der Waals surface area contributed by atoms with E-state index in [-0.39, 0.29) is 5.75 Å². The predicted molar refractivity (Wildman–Crippen MR) is 73.6 cm³/mol. The molecule has 0 aliphatic heterocycles. The molecule has 1 atom stereocenters. The summed E-state index contributed by atoms with van der Waals surface area (Å²) in [5.41, 5.74) is 2.14. The molecule has 1 aromatic rings. The summed E-state index contributed by atoms with van der Waals surface area (Å²) in [7, 11) is 0. The average Bonchev–Trinajstić information content (AvgIpc) is 2.29. The van der Waals surface area contributed by atoms with Crippen LogP contribution in [-0.2, 0) is 16.0 Å². The Morgan fingerprint density at radius 3 is 2.06 bits per heavy atom. The predicted octanol–water partition coefficient (Wildman–Crippen LogP) is 3.49. The lowest BCUT2D eigenvalue weighted by molar-refractivity contribution is -0.138. The van der Waals surface area contributed by atoms with Crippen LogP contribution in [0, 0.1) is 5.92 Å². The van der Waals surface area contributed by atoms with Crippen molar-refractivity contribution in [2.75, 3.05) is 0 Å². The van der Waals surface area contributed by atoms with Gasteiger partial charge in [-0.1, -0.05) is 38.1 Å². The fourth-order valence-corrected chi connectivity index (χ4v) is 1.56. The molecular weight excluding hydrogens is 252 g/mol. The van der Waals surface area contributed by atoms with Crippen LogP contribution in [0.5, 0.6) is 0 Å². The lowest BCUT2D eigenvalue weighted by Gasteiger charge is -2.09. The first-order valence-corrected chi connectivity index (χ1v) is 6.21. The third-order valence-corrected chi connectivity index (χ3v) is 2.49. The van der Waals surface area contributed by atoms with Crippen molar-refractivity contribution in [1.29, 1.82) is 0 Å². The maximum absolute atomic E-state index is 10.8. The van der Waals surface area contributed by atoms with Gasteiger partial charge in [0.1, 0.15) is 0 Å². The first-order valence-electron chi connectivity index (χ1n) is 5.77. The number of hydrogen-bond acceptors (Lipinski definition) is 2. The molecule has 0 fully saturated rings. The number of carbonyl (C=O) groups is 2. The first kappa shape index (κ1) is 16.6. The van der Waals surface area contributed by atoms with Crippen molar-refractivity contribution in [3.05, 3.63) is 35.4 Å². The summed E-state index contributed by atoms with van der Waals surface area (Å²) in [6.07, 6.45) is 1.04. The van der Waals surface area contributed by atoms with Gasteiger partial charge in [-0.2, -0.15) is 0 Å². The van der Waals surface area contributed by atoms with E-state index in [9.17, 15) is 4.79 Å². The van der Waals surface area contributed by atoms with Gasteiger partial charge in [-0.05, 0) is 42.0 Å². The van der Waals surface area contributed by atoms with Crippen LogP contribution < -0.4 is 0 Å². The Kier molecular flexibility index (Phi) is 8.05. The molecule has 0 saturated heterocycles. The maximum atomic E-state index is 10.8. The lowest BCUT2D eigenvalue weighted by atomic mass is 9.97. The van der Waals surface area contributed by atoms with E-state index in [1.54, 1.807) is 6.92 Å². The van der Waals surface area contributed by atoms with Crippen molar-refractivity contribution in [3.8, 4) is 0 Å². The molecule has 100 valence electrons. The summed E-state index contributed by atoms with van der Waals surface area (Å²) in [4.78, 5) is 19.3. The van der Waals surface area contributed by atoms with E-state index in [1.807, 2.05) is 24.3 Å². The second kappa shape index (κ2) is 8.70. The van der Waals surface area contributed by atoms with E-state index in [0.29, 0.717) is 5.92 Å². The van der Waals surface area contributed by atoms with E-state index >= 15 is 0 Å². The molecule has 0 saturated carbocycles. The Bertz CT molecular complexity index is 371. The van der Waals surface area contributed by atoms with Crippen molar-refractivity contribution in [1.82, 2.24) is 0 Å². The topological polar surface area (TPSA) is 54.4 Å². The number of halogens is 1. The van der Waals surface area contributed by atoms with Gasteiger partial charge in [0.2, 0.25) is 5.75 Å². The highest BCUT2D eigenvalue weighted by Crippen LogP contribution is 2.17. The number of rotatable bonds is 4. The van der Waals surface area contributed by atoms with E-state index in [4.69, 9.17) is 9.90 Å². The molecule has 1 aromatic carbocycles. The van der Waals surface area contributed by atoms with E-state index in [1.165, 1.54) is 5.56 Å². The molecule has 0 spiro atoms. The quantitative estimate of drug-likeness (QED) is 0.673. The van der Waals surface area contributed by atoms with Crippen molar-refractivity contribution in [2.24, 2.45) is 5.92 Å². The van der Waals surface area contributed by atoms with Gasteiger partial charge in [-0.3, -0.25) is 9.59 Å². The molecule has 4 heteroatoms. The number of carbonyl (C=O) groups excluding carboxylic acids is 1. The normalized spacial score (nSPS) is 11.4. The standard InChI is InChI=1S/C13H18O2.CHClO/c1-9(2)8-11-4-6-12(7-5-11)10(3)13(14)15;2-1-3/h4-7,9-10H,8H2,1-3H3,(H,14,15);1H. The van der Waals surface area contributed by atoms with E-state index in [2.05, 4.69) is 25.4 Å². The molecule has 0 aliphatic rings. The Hall–Kier alpha value is -1.35. The van der Waals surface area contributed by atoms with Crippen LogP contribution in [-0.4, -0.2) is 16.8 Å². The van der Waals surface area contributed by atoms with Crippen LogP contribution in [0.25, 0.3) is 0 Å². The second-order valence-electron chi connectivity index (χ2n) is 4.49. The van der Waals surface area contributed by atoms with Crippen molar-refractivity contribution >= 4 is 23.3 Å². The molecule has 0 bridgehead atoms.